The number of benzene rings is 1. The second-order valence-corrected chi connectivity index (χ2v) is 5.31. The van der Waals surface area contributed by atoms with E-state index in [1.165, 1.54) is 0 Å². The molecule has 3 N–H and O–H groups in total. The van der Waals surface area contributed by atoms with E-state index in [4.69, 9.17) is 5.73 Å². The Labute approximate surface area is 125 Å². The van der Waals surface area contributed by atoms with E-state index in [0.29, 0.717) is 12.2 Å². The number of aromatic nitrogens is 1. The van der Waals surface area contributed by atoms with E-state index in [2.05, 4.69) is 10.3 Å². The lowest BCUT2D eigenvalue weighted by molar-refractivity contribution is -0.130. The first-order valence-corrected chi connectivity index (χ1v) is 7.10. The number of carbonyl (C=O) groups excluding carboxylic acids is 1. The van der Waals surface area contributed by atoms with E-state index in [-0.39, 0.29) is 11.9 Å². The Kier molecular flexibility index (Phi) is 4.31. The van der Waals surface area contributed by atoms with Gasteiger partial charge < -0.3 is 16.0 Å². The smallest absolute Gasteiger partial charge is 0.244 e. The number of nitrogens with zero attached hydrogens (tertiary/aromatic N) is 2. The molecule has 0 bridgehead atoms. The molecular weight excluding hydrogens is 264 g/mol. The highest BCUT2D eigenvalue weighted by Gasteiger charge is 2.17. The van der Waals surface area contributed by atoms with Crippen LogP contribution in [-0.4, -0.2) is 35.4 Å². The zero-order chi connectivity index (χ0) is 15.6. The second kappa shape index (κ2) is 5.99. The molecule has 0 aliphatic rings. The molecule has 2 aromatic rings. The van der Waals surface area contributed by atoms with Crippen LogP contribution in [0.25, 0.3) is 10.9 Å². The summed E-state index contributed by atoms with van der Waals surface area (Å²) in [5.41, 5.74) is 9.20. The topological polar surface area (TPSA) is 71.2 Å². The van der Waals surface area contributed by atoms with Gasteiger partial charge in [-0.05, 0) is 45.0 Å². The minimum absolute atomic E-state index is 0.0593. The van der Waals surface area contributed by atoms with Gasteiger partial charge in [0.25, 0.3) is 0 Å². The van der Waals surface area contributed by atoms with Crippen molar-refractivity contribution >= 4 is 28.2 Å². The summed E-state index contributed by atoms with van der Waals surface area (Å²) in [7, 11) is 1.80. The first kappa shape index (κ1) is 15.1. The number of fused-ring (bicyclic) bond motifs is 1. The summed E-state index contributed by atoms with van der Waals surface area (Å²) in [5, 5.41) is 4.21. The molecule has 1 aromatic heterocycles. The van der Waals surface area contributed by atoms with Crippen LogP contribution in [0.5, 0.6) is 0 Å². The molecule has 0 aliphatic carbocycles. The number of pyridine rings is 1. The van der Waals surface area contributed by atoms with E-state index < -0.39 is 0 Å². The van der Waals surface area contributed by atoms with Gasteiger partial charge in [0.2, 0.25) is 5.91 Å². The van der Waals surface area contributed by atoms with Crippen molar-refractivity contribution in [2.45, 2.75) is 26.8 Å². The van der Waals surface area contributed by atoms with Gasteiger partial charge in [0.1, 0.15) is 6.04 Å². The van der Waals surface area contributed by atoms with Crippen molar-refractivity contribution in [3.05, 3.63) is 30.0 Å². The van der Waals surface area contributed by atoms with Gasteiger partial charge in [-0.2, -0.15) is 0 Å². The minimum Gasteiger partial charge on any atom is -0.399 e. The van der Waals surface area contributed by atoms with E-state index in [1.807, 2.05) is 45.0 Å². The van der Waals surface area contributed by atoms with Gasteiger partial charge in [-0.15, -0.1) is 0 Å². The fraction of sp³-hybridized carbons (Fsp3) is 0.375. The second-order valence-electron chi connectivity index (χ2n) is 5.31. The number of nitrogens with one attached hydrogen (secondary N) is 1. The predicted octanol–water partition coefficient (Wildman–Crippen LogP) is 2.40. The molecule has 0 spiro atoms. The van der Waals surface area contributed by atoms with Crippen LogP contribution in [0.3, 0.4) is 0 Å². The number of anilines is 2. The molecular formula is C16H22N4O. The van der Waals surface area contributed by atoms with Crippen molar-refractivity contribution in [3.63, 3.8) is 0 Å². The van der Waals surface area contributed by atoms with E-state index in [9.17, 15) is 4.79 Å². The zero-order valence-electron chi connectivity index (χ0n) is 13.0. The maximum atomic E-state index is 12.2. The summed E-state index contributed by atoms with van der Waals surface area (Å²) >= 11 is 0. The number of rotatable bonds is 4. The quantitative estimate of drug-likeness (QED) is 0.847. The van der Waals surface area contributed by atoms with Gasteiger partial charge in [-0.3, -0.25) is 9.78 Å². The van der Waals surface area contributed by atoms with Gasteiger partial charge >= 0.3 is 0 Å². The Morgan fingerprint density at radius 1 is 1.43 bits per heavy atom. The molecule has 0 radical (unpaired) electrons. The van der Waals surface area contributed by atoms with Crippen LogP contribution < -0.4 is 11.1 Å². The highest BCUT2D eigenvalue weighted by molar-refractivity contribution is 5.95. The fourth-order valence-electron chi connectivity index (χ4n) is 2.28. The number of amides is 1. The highest BCUT2D eigenvalue weighted by Crippen LogP contribution is 2.26. The Balaban J connectivity index is 2.37. The average Bonchev–Trinajstić information content (AvgIpc) is 2.46. The number of hydrogen-bond acceptors (Lipinski definition) is 4. The molecule has 21 heavy (non-hydrogen) atoms. The van der Waals surface area contributed by atoms with Gasteiger partial charge in [-0.1, -0.05) is 0 Å². The molecule has 0 fully saturated rings. The molecule has 1 atom stereocenters. The molecule has 2 rings (SSSR count). The Morgan fingerprint density at radius 2 is 2.14 bits per heavy atom. The molecule has 1 aromatic carbocycles. The molecule has 0 saturated carbocycles. The predicted molar refractivity (Wildman–Crippen MR) is 87.3 cm³/mol. The molecule has 5 heteroatoms. The monoisotopic (exact) mass is 286 g/mol. The van der Waals surface area contributed by atoms with Crippen LogP contribution in [-0.2, 0) is 4.79 Å². The molecule has 112 valence electrons. The lowest BCUT2D eigenvalue weighted by atomic mass is 10.1. The first-order chi connectivity index (χ1) is 9.92. The maximum Gasteiger partial charge on any atom is 0.244 e. The summed E-state index contributed by atoms with van der Waals surface area (Å²) in [6.45, 7) is 6.44. The molecule has 0 saturated heterocycles. The minimum atomic E-state index is -0.304. The maximum absolute atomic E-state index is 12.2. The third kappa shape index (κ3) is 3.24. The number of nitrogen functional groups attached to an aromatic ring is 1. The van der Waals surface area contributed by atoms with Crippen LogP contribution in [0.4, 0.5) is 11.4 Å². The van der Waals surface area contributed by atoms with E-state index >= 15 is 0 Å². The number of aryl methyl sites for hydroxylation is 1. The largest absolute Gasteiger partial charge is 0.399 e. The third-order valence-corrected chi connectivity index (χ3v) is 3.55. The van der Waals surface area contributed by atoms with Crippen molar-refractivity contribution in [2.75, 3.05) is 24.6 Å². The van der Waals surface area contributed by atoms with Crippen molar-refractivity contribution in [1.29, 1.82) is 0 Å². The molecule has 1 heterocycles. The number of nitrogens with two attached hydrogens (primary N) is 1. The van der Waals surface area contributed by atoms with Gasteiger partial charge in [0.05, 0.1) is 5.52 Å². The SMILES string of the molecule is CCN(C)C(=O)C(C)Nc1cc(C)nc2ccc(N)cc12. The lowest BCUT2D eigenvalue weighted by Gasteiger charge is -2.22. The fourth-order valence-corrected chi connectivity index (χ4v) is 2.28. The van der Waals surface area contributed by atoms with Crippen LogP contribution in [0.2, 0.25) is 0 Å². The first-order valence-electron chi connectivity index (χ1n) is 7.10. The summed E-state index contributed by atoms with van der Waals surface area (Å²) in [4.78, 5) is 18.4. The van der Waals surface area contributed by atoms with Crippen LogP contribution >= 0.6 is 0 Å². The van der Waals surface area contributed by atoms with Crippen molar-refractivity contribution < 1.29 is 4.79 Å². The summed E-state index contributed by atoms with van der Waals surface area (Å²) in [6.07, 6.45) is 0. The lowest BCUT2D eigenvalue weighted by Crippen LogP contribution is -2.38. The van der Waals surface area contributed by atoms with E-state index in [1.54, 1.807) is 11.9 Å². The standard InChI is InChI=1S/C16H22N4O/c1-5-20(4)16(21)11(3)19-15-8-10(2)18-14-7-6-12(17)9-13(14)15/h6-9,11H,5,17H2,1-4H3,(H,18,19). The summed E-state index contributed by atoms with van der Waals surface area (Å²) < 4.78 is 0. The summed E-state index contributed by atoms with van der Waals surface area (Å²) in [6, 6.07) is 7.25. The number of hydrogen-bond donors (Lipinski definition) is 2. The van der Waals surface area contributed by atoms with Crippen LogP contribution in [0.1, 0.15) is 19.5 Å². The third-order valence-electron chi connectivity index (χ3n) is 3.55. The highest BCUT2D eigenvalue weighted by atomic mass is 16.2. The van der Waals surface area contributed by atoms with Crippen molar-refractivity contribution in [3.8, 4) is 0 Å². The van der Waals surface area contributed by atoms with Gasteiger partial charge in [0.15, 0.2) is 0 Å². The Hall–Kier alpha value is -2.30. The number of carbonyl (C=O) groups is 1. The van der Waals surface area contributed by atoms with Gasteiger partial charge in [-0.25, -0.2) is 0 Å². The van der Waals surface area contributed by atoms with Gasteiger partial charge in [0, 0.05) is 36.0 Å². The normalized spacial score (nSPS) is 12.2. The Bertz CT molecular complexity index is 669. The van der Waals surface area contributed by atoms with Crippen LogP contribution in [0, 0.1) is 6.92 Å². The van der Waals surface area contributed by atoms with Crippen LogP contribution in [0.15, 0.2) is 24.3 Å². The Morgan fingerprint density at radius 3 is 2.81 bits per heavy atom. The average molecular weight is 286 g/mol. The zero-order valence-corrected chi connectivity index (χ0v) is 13.0. The van der Waals surface area contributed by atoms with Crippen molar-refractivity contribution in [1.82, 2.24) is 9.88 Å². The number of likely N-dealkylation sites (N-methyl/N-ethyl adjacent to an activating group) is 1. The molecule has 1 unspecified atom stereocenters. The molecule has 0 aliphatic heterocycles. The summed E-state index contributed by atoms with van der Waals surface area (Å²) in [5.74, 6) is 0.0593. The molecule has 5 nitrogen and oxygen atoms in total. The van der Waals surface area contributed by atoms with E-state index in [0.717, 1.165) is 22.3 Å². The van der Waals surface area contributed by atoms with Crippen molar-refractivity contribution in [2.24, 2.45) is 0 Å². The molecule has 1 amide bonds.